The van der Waals surface area contributed by atoms with E-state index >= 15 is 0 Å². The van der Waals surface area contributed by atoms with E-state index in [-0.39, 0.29) is 18.6 Å². The topological polar surface area (TPSA) is 64.9 Å². The molecule has 2 amide bonds. The van der Waals surface area contributed by atoms with Gasteiger partial charge in [-0.2, -0.15) is 5.26 Å². The van der Waals surface area contributed by atoms with E-state index in [0.29, 0.717) is 0 Å². The third-order valence-corrected chi connectivity index (χ3v) is 0.748. The third kappa shape index (κ3) is 4.91. The molecule has 0 fully saturated rings. The van der Waals surface area contributed by atoms with Crippen molar-refractivity contribution in [3.63, 3.8) is 0 Å². The number of amides is 2. The molecule has 0 rings (SSSR count). The van der Waals surface area contributed by atoms with Crippen LogP contribution in [0.25, 0.3) is 0 Å². The molecule has 0 aliphatic heterocycles. The lowest BCUT2D eigenvalue weighted by molar-refractivity contribution is 0.239. The predicted octanol–water partition coefficient (Wildman–Crippen LogP) is 0.218. The van der Waals surface area contributed by atoms with E-state index in [1.54, 1.807) is 6.07 Å². The summed E-state index contributed by atoms with van der Waals surface area (Å²) in [7, 11) is 0. The number of urea groups is 1. The van der Waals surface area contributed by atoms with Crippen molar-refractivity contribution in [2.45, 2.75) is 19.9 Å². The van der Waals surface area contributed by atoms with E-state index in [4.69, 9.17) is 5.26 Å². The summed E-state index contributed by atoms with van der Waals surface area (Å²) in [5.74, 6) is 0. The fraction of sp³-hybridized carbons (Fsp3) is 0.667. The Morgan fingerprint density at radius 2 is 2.30 bits per heavy atom. The summed E-state index contributed by atoms with van der Waals surface area (Å²) in [6.07, 6.45) is 0. The van der Waals surface area contributed by atoms with Crippen LogP contribution in [0.1, 0.15) is 13.8 Å². The van der Waals surface area contributed by atoms with Crippen LogP contribution in [0.15, 0.2) is 0 Å². The van der Waals surface area contributed by atoms with Crippen LogP contribution < -0.4 is 10.6 Å². The van der Waals surface area contributed by atoms with Gasteiger partial charge in [-0.15, -0.1) is 0 Å². The molecule has 0 aliphatic rings. The molecule has 0 spiro atoms. The van der Waals surface area contributed by atoms with Crippen molar-refractivity contribution < 1.29 is 4.79 Å². The second kappa shape index (κ2) is 4.62. The van der Waals surface area contributed by atoms with Crippen molar-refractivity contribution in [2.24, 2.45) is 0 Å². The summed E-state index contributed by atoms with van der Waals surface area (Å²) in [6, 6.07) is 1.61. The lowest BCUT2D eigenvalue weighted by Gasteiger charge is -2.06. The van der Waals surface area contributed by atoms with E-state index in [0.717, 1.165) is 0 Å². The van der Waals surface area contributed by atoms with Crippen LogP contribution in [0, 0.1) is 11.3 Å². The summed E-state index contributed by atoms with van der Waals surface area (Å²) in [5.41, 5.74) is 0. The van der Waals surface area contributed by atoms with E-state index in [1.165, 1.54) is 0 Å². The molecule has 0 aromatic rings. The Morgan fingerprint density at radius 1 is 1.70 bits per heavy atom. The van der Waals surface area contributed by atoms with Crippen molar-refractivity contribution in [3.8, 4) is 6.07 Å². The van der Waals surface area contributed by atoms with Crippen LogP contribution in [0.3, 0.4) is 0 Å². The fourth-order valence-corrected chi connectivity index (χ4v) is 0.433. The number of nitriles is 1. The van der Waals surface area contributed by atoms with Crippen LogP contribution in [0.4, 0.5) is 4.79 Å². The van der Waals surface area contributed by atoms with E-state index in [2.05, 4.69) is 10.6 Å². The molecule has 0 radical (unpaired) electrons. The van der Waals surface area contributed by atoms with Gasteiger partial charge in [0.2, 0.25) is 0 Å². The molecule has 4 heteroatoms. The zero-order chi connectivity index (χ0) is 7.98. The molecule has 10 heavy (non-hydrogen) atoms. The van der Waals surface area contributed by atoms with Gasteiger partial charge in [0, 0.05) is 6.04 Å². The summed E-state index contributed by atoms with van der Waals surface area (Å²) < 4.78 is 0. The number of hydrogen-bond donors (Lipinski definition) is 2. The highest BCUT2D eigenvalue weighted by Crippen LogP contribution is 1.74. The quantitative estimate of drug-likeness (QED) is 0.540. The number of hydrogen-bond acceptors (Lipinski definition) is 2. The van der Waals surface area contributed by atoms with Gasteiger partial charge in [-0.3, -0.25) is 0 Å². The summed E-state index contributed by atoms with van der Waals surface area (Å²) >= 11 is 0. The molecular weight excluding hydrogens is 130 g/mol. The maximum absolute atomic E-state index is 10.6. The van der Waals surface area contributed by atoms with E-state index < -0.39 is 0 Å². The molecule has 0 saturated heterocycles. The maximum Gasteiger partial charge on any atom is 0.315 e. The van der Waals surface area contributed by atoms with Crippen molar-refractivity contribution in [2.75, 3.05) is 6.54 Å². The van der Waals surface area contributed by atoms with Crippen LogP contribution >= 0.6 is 0 Å². The van der Waals surface area contributed by atoms with Gasteiger partial charge >= 0.3 is 6.03 Å². The van der Waals surface area contributed by atoms with Gasteiger partial charge in [0.25, 0.3) is 0 Å². The standard InChI is InChI=1S/C6H11N3O/c1-5(2)9-6(10)8-4-3-7/h5H,4H2,1-2H3,(H2,8,9,10). The van der Waals surface area contributed by atoms with Gasteiger partial charge in [0.1, 0.15) is 6.54 Å². The first-order valence-corrected chi connectivity index (χ1v) is 3.08. The SMILES string of the molecule is CC(C)NC(=O)NCC#N. The molecule has 0 aliphatic carbocycles. The normalized spacial score (nSPS) is 8.60. The van der Waals surface area contributed by atoms with Gasteiger partial charge < -0.3 is 10.6 Å². The van der Waals surface area contributed by atoms with Gasteiger partial charge in [0.15, 0.2) is 0 Å². The first kappa shape index (κ1) is 8.76. The second-order valence-corrected chi connectivity index (χ2v) is 2.14. The Kier molecular flexibility index (Phi) is 4.05. The molecule has 0 unspecified atom stereocenters. The first-order chi connectivity index (χ1) is 4.66. The third-order valence-electron chi connectivity index (χ3n) is 0.748. The molecule has 0 bridgehead atoms. The van der Waals surface area contributed by atoms with E-state index in [1.807, 2.05) is 13.8 Å². The average molecular weight is 141 g/mol. The molecule has 2 N–H and O–H groups in total. The summed E-state index contributed by atoms with van der Waals surface area (Å²) in [5, 5.41) is 13.0. The van der Waals surface area contributed by atoms with Gasteiger partial charge in [-0.25, -0.2) is 4.79 Å². The lowest BCUT2D eigenvalue weighted by atomic mass is 10.4. The van der Waals surface area contributed by atoms with Gasteiger partial charge in [0.05, 0.1) is 6.07 Å². The Balaban J connectivity index is 3.37. The lowest BCUT2D eigenvalue weighted by Crippen LogP contribution is -2.39. The number of nitrogens with zero attached hydrogens (tertiary/aromatic N) is 1. The number of nitrogens with one attached hydrogen (secondary N) is 2. The predicted molar refractivity (Wildman–Crippen MR) is 37.3 cm³/mol. The summed E-state index contributed by atoms with van der Waals surface area (Å²) in [6.45, 7) is 3.76. The minimum absolute atomic E-state index is 0.0541. The average Bonchev–Trinajstić information content (AvgIpc) is 1.82. The fourth-order valence-electron chi connectivity index (χ4n) is 0.433. The van der Waals surface area contributed by atoms with Crippen molar-refractivity contribution in [1.82, 2.24) is 10.6 Å². The highest BCUT2D eigenvalue weighted by molar-refractivity contribution is 5.74. The minimum atomic E-state index is -0.295. The maximum atomic E-state index is 10.6. The zero-order valence-electron chi connectivity index (χ0n) is 6.14. The first-order valence-electron chi connectivity index (χ1n) is 3.08. The molecular formula is C6H11N3O. The van der Waals surface area contributed by atoms with Crippen LogP contribution in [-0.2, 0) is 0 Å². The molecule has 56 valence electrons. The molecule has 0 saturated carbocycles. The second-order valence-electron chi connectivity index (χ2n) is 2.14. The Labute approximate surface area is 60.2 Å². The molecule has 0 atom stereocenters. The monoisotopic (exact) mass is 141 g/mol. The highest BCUT2D eigenvalue weighted by Gasteiger charge is 1.98. The molecule has 0 heterocycles. The zero-order valence-corrected chi connectivity index (χ0v) is 6.14. The largest absolute Gasteiger partial charge is 0.336 e. The van der Waals surface area contributed by atoms with E-state index in [9.17, 15) is 4.79 Å². The Hall–Kier alpha value is -1.24. The molecule has 0 aromatic heterocycles. The van der Waals surface area contributed by atoms with Gasteiger partial charge in [-0.1, -0.05) is 0 Å². The molecule has 4 nitrogen and oxygen atoms in total. The van der Waals surface area contributed by atoms with Crippen LogP contribution in [0.2, 0.25) is 0 Å². The number of carbonyl (C=O) groups excluding carboxylic acids is 1. The molecule has 0 aromatic carbocycles. The minimum Gasteiger partial charge on any atom is -0.336 e. The number of rotatable bonds is 2. The van der Waals surface area contributed by atoms with Gasteiger partial charge in [-0.05, 0) is 13.8 Å². The Morgan fingerprint density at radius 3 is 2.70 bits per heavy atom. The van der Waals surface area contributed by atoms with Crippen molar-refractivity contribution in [3.05, 3.63) is 0 Å². The van der Waals surface area contributed by atoms with Crippen LogP contribution in [0.5, 0.6) is 0 Å². The highest BCUT2D eigenvalue weighted by atomic mass is 16.2. The van der Waals surface area contributed by atoms with Crippen molar-refractivity contribution >= 4 is 6.03 Å². The summed E-state index contributed by atoms with van der Waals surface area (Å²) in [4.78, 5) is 10.6. The smallest absolute Gasteiger partial charge is 0.315 e. The van der Waals surface area contributed by atoms with Crippen LogP contribution in [-0.4, -0.2) is 18.6 Å². The van der Waals surface area contributed by atoms with Crippen molar-refractivity contribution in [1.29, 1.82) is 5.26 Å². The Bertz CT molecular complexity index is 148. The number of carbonyl (C=O) groups is 1.